The highest BCUT2D eigenvalue weighted by Gasteiger charge is 2.41. The van der Waals surface area contributed by atoms with Crippen molar-refractivity contribution in [3.05, 3.63) is 41.8 Å². The van der Waals surface area contributed by atoms with Gasteiger partial charge in [-0.05, 0) is 37.6 Å². The van der Waals surface area contributed by atoms with Gasteiger partial charge in [-0.25, -0.2) is 9.18 Å². The molecule has 2 amide bonds. The summed E-state index contributed by atoms with van der Waals surface area (Å²) >= 11 is 0. The molecule has 1 aliphatic rings. The van der Waals surface area contributed by atoms with Crippen LogP contribution < -0.4 is 11.1 Å². The fraction of sp³-hybridized carbons (Fsp3) is 0.400. The minimum absolute atomic E-state index is 0.0166. The van der Waals surface area contributed by atoms with Gasteiger partial charge in [-0.2, -0.15) is 23.5 Å². The second-order valence-corrected chi connectivity index (χ2v) is 7.47. The number of anilines is 2. The van der Waals surface area contributed by atoms with E-state index in [-0.39, 0.29) is 30.9 Å². The Morgan fingerprint density at radius 1 is 1.33 bits per heavy atom. The molecule has 2 heterocycles. The Balaban J connectivity index is 1.84. The van der Waals surface area contributed by atoms with E-state index in [1.807, 2.05) is 0 Å². The molecule has 2 unspecified atom stereocenters. The predicted molar refractivity (Wildman–Crippen MR) is 107 cm³/mol. The van der Waals surface area contributed by atoms with Gasteiger partial charge in [-0.15, -0.1) is 0 Å². The van der Waals surface area contributed by atoms with Crippen LogP contribution in [-0.2, 0) is 4.74 Å². The maximum Gasteiger partial charge on any atom is 0.425 e. The molecule has 2 aromatic rings. The van der Waals surface area contributed by atoms with Crippen LogP contribution in [0, 0.1) is 23.1 Å². The molecule has 0 aliphatic carbocycles. The van der Waals surface area contributed by atoms with Crippen molar-refractivity contribution < 1.29 is 31.9 Å². The van der Waals surface area contributed by atoms with E-state index in [9.17, 15) is 32.4 Å². The smallest absolute Gasteiger partial charge is 0.425 e. The zero-order valence-corrected chi connectivity index (χ0v) is 17.3. The molecule has 0 saturated carbocycles. The fourth-order valence-electron chi connectivity index (χ4n) is 3.31. The average Bonchev–Trinajstić information content (AvgIpc) is 3.18. The van der Waals surface area contributed by atoms with Crippen LogP contribution in [0.2, 0.25) is 0 Å². The molecule has 1 aliphatic heterocycles. The Hall–Kier alpha value is -3.82. The molecule has 3 rings (SSSR count). The van der Waals surface area contributed by atoms with Crippen molar-refractivity contribution in [3.63, 3.8) is 0 Å². The zero-order chi connectivity index (χ0) is 24.3. The number of piperidine rings is 1. The van der Waals surface area contributed by atoms with Crippen LogP contribution in [0.15, 0.2) is 30.5 Å². The highest BCUT2D eigenvalue weighted by atomic mass is 19.4. The fourth-order valence-corrected chi connectivity index (χ4v) is 3.31. The van der Waals surface area contributed by atoms with Crippen LogP contribution >= 0.6 is 0 Å². The summed E-state index contributed by atoms with van der Waals surface area (Å²) in [5.41, 5.74) is 5.81. The molecule has 13 heteroatoms. The molecule has 1 aromatic carbocycles. The van der Waals surface area contributed by atoms with Crippen LogP contribution in [0.25, 0.3) is 0 Å². The van der Waals surface area contributed by atoms with Crippen molar-refractivity contribution in [2.75, 3.05) is 18.4 Å². The number of ether oxygens (including phenoxy) is 1. The summed E-state index contributed by atoms with van der Waals surface area (Å²) in [6.45, 7) is 0.567. The van der Waals surface area contributed by atoms with Crippen LogP contribution in [-0.4, -0.2) is 52.1 Å². The maximum atomic E-state index is 13.2. The summed E-state index contributed by atoms with van der Waals surface area (Å²) in [6.07, 6.45) is -6.73. The molecule has 0 bridgehead atoms. The Bertz CT molecular complexity index is 1060. The monoisotopic (exact) mass is 468 g/mol. The maximum absolute atomic E-state index is 13.2. The number of rotatable bonds is 5. The third-order valence-corrected chi connectivity index (χ3v) is 5.19. The van der Waals surface area contributed by atoms with Gasteiger partial charge in [0.1, 0.15) is 11.4 Å². The lowest BCUT2D eigenvalue weighted by atomic mass is 9.93. The molecule has 3 N–H and O–H groups in total. The molecule has 0 spiro atoms. The number of carbonyl (C=O) groups is 2. The van der Waals surface area contributed by atoms with E-state index in [0.717, 1.165) is 11.8 Å². The summed E-state index contributed by atoms with van der Waals surface area (Å²) in [5, 5.41) is 16.6. The first-order chi connectivity index (χ1) is 15.5. The number of carbonyl (C=O) groups excluding carboxylic acids is 2. The molecule has 3 atom stereocenters. The van der Waals surface area contributed by atoms with Crippen molar-refractivity contribution in [2.24, 2.45) is 11.7 Å². The highest BCUT2D eigenvalue weighted by molar-refractivity contribution is 5.98. The number of primary amides is 1. The molecule has 176 valence electrons. The van der Waals surface area contributed by atoms with E-state index >= 15 is 0 Å². The van der Waals surface area contributed by atoms with Crippen LogP contribution in [0.3, 0.4) is 0 Å². The number of nitrogens with zero attached hydrogens (tertiary/aromatic N) is 4. The van der Waals surface area contributed by atoms with Gasteiger partial charge in [0.25, 0.3) is 5.91 Å². The Morgan fingerprint density at radius 2 is 2.00 bits per heavy atom. The van der Waals surface area contributed by atoms with Crippen LogP contribution in [0.1, 0.15) is 29.7 Å². The standard InChI is InChI=1S/C20H20F4N6O3/c1-11(20(22,23)24)33-19(32)29-7-6-12(8-25)16(10-29)30-9-15(17(26)31)18(28-30)27-14-4-2-13(21)3-5-14/h2-5,9,11-12,16H,6-7,10H2,1H3,(H2,26,31)(H,27,28)/t11?,12?,16-/m0/s1. The van der Waals surface area contributed by atoms with E-state index in [0.29, 0.717) is 5.69 Å². The number of likely N-dealkylation sites (tertiary alicyclic amines) is 1. The van der Waals surface area contributed by atoms with Gasteiger partial charge in [0.2, 0.25) is 0 Å². The number of alkyl halides is 3. The summed E-state index contributed by atoms with van der Waals surface area (Å²) in [6, 6.07) is 6.53. The third kappa shape index (κ3) is 5.51. The number of hydrogen-bond acceptors (Lipinski definition) is 6. The molecule has 1 saturated heterocycles. The third-order valence-electron chi connectivity index (χ3n) is 5.19. The molecule has 1 aromatic heterocycles. The number of nitrogens with one attached hydrogen (secondary N) is 1. The summed E-state index contributed by atoms with van der Waals surface area (Å²) in [4.78, 5) is 25.2. The number of halogens is 4. The minimum atomic E-state index is -4.71. The van der Waals surface area contributed by atoms with E-state index in [1.54, 1.807) is 0 Å². The molecule has 9 nitrogen and oxygen atoms in total. The SMILES string of the molecule is CC(OC(=O)N1CCC(C#N)[C@@H](n2cc(C(N)=O)c(Nc3ccc(F)cc3)n2)C1)C(F)(F)F. The minimum Gasteiger partial charge on any atom is -0.437 e. The van der Waals surface area contributed by atoms with Gasteiger partial charge in [0.05, 0.1) is 18.0 Å². The molecule has 33 heavy (non-hydrogen) atoms. The van der Waals surface area contributed by atoms with Crippen molar-refractivity contribution in [1.82, 2.24) is 14.7 Å². The number of hydrogen-bond donors (Lipinski definition) is 2. The quantitative estimate of drug-likeness (QED) is 0.649. The van der Waals surface area contributed by atoms with Crippen molar-refractivity contribution in [3.8, 4) is 6.07 Å². The van der Waals surface area contributed by atoms with E-state index < -0.39 is 42.1 Å². The first-order valence-corrected chi connectivity index (χ1v) is 9.83. The largest absolute Gasteiger partial charge is 0.437 e. The second-order valence-electron chi connectivity index (χ2n) is 7.47. The normalized spacial score (nSPS) is 19.5. The molecule has 1 fully saturated rings. The lowest BCUT2D eigenvalue weighted by Gasteiger charge is -2.35. The zero-order valence-electron chi connectivity index (χ0n) is 17.3. The number of nitriles is 1. The van der Waals surface area contributed by atoms with Crippen LogP contribution in [0.4, 0.5) is 33.9 Å². The Morgan fingerprint density at radius 3 is 2.58 bits per heavy atom. The number of nitrogens with two attached hydrogens (primary N) is 1. The number of aromatic nitrogens is 2. The predicted octanol–water partition coefficient (Wildman–Crippen LogP) is 3.34. The number of benzene rings is 1. The van der Waals surface area contributed by atoms with E-state index in [2.05, 4.69) is 21.2 Å². The lowest BCUT2D eigenvalue weighted by Crippen LogP contribution is -2.46. The van der Waals surface area contributed by atoms with E-state index in [1.165, 1.54) is 35.1 Å². The summed E-state index contributed by atoms with van der Waals surface area (Å²) in [5.74, 6) is -1.90. The first-order valence-electron chi connectivity index (χ1n) is 9.83. The Kier molecular flexibility index (Phi) is 6.75. The van der Waals surface area contributed by atoms with Gasteiger partial charge in [-0.1, -0.05) is 0 Å². The summed E-state index contributed by atoms with van der Waals surface area (Å²) in [7, 11) is 0. The lowest BCUT2D eigenvalue weighted by molar-refractivity contribution is -0.200. The molecule has 0 radical (unpaired) electrons. The van der Waals surface area contributed by atoms with Gasteiger partial charge >= 0.3 is 12.3 Å². The average molecular weight is 468 g/mol. The van der Waals surface area contributed by atoms with Gasteiger partial charge in [0, 0.05) is 25.0 Å². The highest BCUT2D eigenvalue weighted by Crippen LogP contribution is 2.31. The first kappa shape index (κ1) is 23.8. The topological polar surface area (TPSA) is 126 Å². The van der Waals surface area contributed by atoms with Crippen molar-refractivity contribution in [2.45, 2.75) is 31.7 Å². The number of amides is 2. The van der Waals surface area contributed by atoms with Gasteiger partial charge < -0.3 is 20.7 Å². The Labute approximate surface area is 185 Å². The second kappa shape index (κ2) is 9.35. The van der Waals surface area contributed by atoms with Crippen molar-refractivity contribution in [1.29, 1.82) is 5.26 Å². The van der Waals surface area contributed by atoms with Crippen LogP contribution in [0.5, 0.6) is 0 Å². The summed E-state index contributed by atoms with van der Waals surface area (Å²) < 4.78 is 57.1. The molecular formula is C20H20F4N6O3. The van der Waals surface area contributed by atoms with E-state index in [4.69, 9.17) is 5.73 Å². The van der Waals surface area contributed by atoms with Crippen molar-refractivity contribution >= 4 is 23.5 Å². The molecular weight excluding hydrogens is 448 g/mol. The van der Waals surface area contributed by atoms with Gasteiger partial charge in [0.15, 0.2) is 11.9 Å². The van der Waals surface area contributed by atoms with Gasteiger partial charge in [-0.3, -0.25) is 9.48 Å².